The van der Waals surface area contributed by atoms with E-state index in [1.807, 2.05) is 0 Å². The number of nitrogens with one attached hydrogen (secondary N) is 2. The Bertz CT molecular complexity index is 376. The molecule has 82 valence electrons. The van der Waals surface area contributed by atoms with Gasteiger partial charge in [-0.2, -0.15) is 0 Å². The normalized spacial score (nSPS) is 19.5. The van der Waals surface area contributed by atoms with E-state index in [-0.39, 0.29) is 12.1 Å². The van der Waals surface area contributed by atoms with Gasteiger partial charge in [0.15, 0.2) is 5.13 Å². The molecular formula is C9H14N4OS. The van der Waals surface area contributed by atoms with Gasteiger partial charge in [0.05, 0.1) is 5.69 Å². The van der Waals surface area contributed by atoms with Crippen molar-refractivity contribution in [3.8, 4) is 0 Å². The summed E-state index contributed by atoms with van der Waals surface area (Å²) >= 11 is 1.52. The first kappa shape index (κ1) is 10.4. The first-order chi connectivity index (χ1) is 7.19. The first-order valence-corrected chi connectivity index (χ1v) is 5.73. The number of rotatable bonds is 1. The second-order valence-electron chi connectivity index (χ2n) is 3.60. The van der Waals surface area contributed by atoms with Gasteiger partial charge >= 0.3 is 6.03 Å². The highest BCUT2D eigenvalue weighted by molar-refractivity contribution is 7.15. The average Bonchev–Trinajstić information content (AvgIpc) is 2.59. The third-order valence-corrected chi connectivity index (χ3v) is 3.46. The fraction of sp³-hybridized carbons (Fsp3) is 0.556. The molecule has 1 atom stereocenters. The lowest BCUT2D eigenvalue weighted by Gasteiger charge is -2.15. The van der Waals surface area contributed by atoms with E-state index in [1.54, 1.807) is 7.05 Å². The standard InChI is InChI=1S/C9H14N4OS/c1-11-8(14)13-9-12-6-3-2-5(10)4-7(6)15-9/h5H,2-4,10H2,1H3,(H2,11,12,13,14). The van der Waals surface area contributed by atoms with Crippen molar-refractivity contribution >= 4 is 22.5 Å². The van der Waals surface area contributed by atoms with Gasteiger partial charge in [0, 0.05) is 18.0 Å². The Morgan fingerprint density at radius 1 is 1.67 bits per heavy atom. The molecule has 1 aliphatic carbocycles. The Hall–Kier alpha value is -1.14. The average molecular weight is 226 g/mol. The summed E-state index contributed by atoms with van der Waals surface area (Å²) in [7, 11) is 1.58. The van der Waals surface area contributed by atoms with Crippen LogP contribution in [0.5, 0.6) is 0 Å². The zero-order chi connectivity index (χ0) is 10.8. The summed E-state index contributed by atoms with van der Waals surface area (Å²) in [4.78, 5) is 16.7. The number of carbonyl (C=O) groups is 1. The molecule has 0 spiro atoms. The zero-order valence-corrected chi connectivity index (χ0v) is 9.36. The van der Waals surface area contributed by atoms with Crippen molar-refractivity contribution in [1.82, 2.24) is 10.3 Å². The molecule has 1 aromatic rings. The maximum Gasteiger partial charge on any atom is 0.320 e. The van der Waals surface area contributed by atoms with Crippen LogP contribution in [0.2, 0.25) is 0 Å². The third kappa shape index (κ3) is 2.27. The highest BCUT2D eigenvalue weighted by Crippen LogP contribution is 2.29. The Kier molecular flexibility index (Phi) is 2.88. The molecule has 0 aromatic carbocycles. The predicted octanol–water partition coefficient (Wildman–Crippen LogP) is 0.710. The Labute approximate surface area is 92.1 Å². The summed E-state index contributed by atoms with van der Waals surface area (Å²) < 4.78 is 0. The molecule has 4 N–H and O–H groups in total. The lowest BCUT2D eigenvalue weighted by molar-refractivity contribution is 0.254. The molecule has 1 heterocycles. The van der Waals surface area contributed by atoms with Crippen LogP contribution < -0.4 is 16.4 Å². The molecule has 15 heavy (non-hydrogen) atoms. The van der Waals surface area contributed by atoms with Gasteiger partial charge < -0.3 is 11.1 Å². The van der Waals surface area contributed by atoms with Crippen LogP contribution in [0.4, 0.5) is 9.93 Å². The van der Waals surface area contributed by atoms with E-state index in [2.05, 4.69) is 15.6 Å². The molecule has 1 aliphatic rings. The van der Waals surface area contributed by atoms with Crippen molar-refractivity contribution in [2.24, 2.45) is 5.73 Å². The number of nitrogens with zero attached hydrogens (tertiary/aromatic N) is 1. The molecule has 0 bridgehead atoms. The van der Waals surface area contributed by atoms with E-state index >= 15 is 0 Å². The fourth-order valence-electron chi connectivity index (χ4n) is 1.61. The van der Waals surface area contributed by atoms with Gasteiger partial charge in [-0.05, 0) is 19.3 Å². The molecule has 0 aliphatic heterocycles. The van der Waals surface area contributed by atoms with Crippen LogP contribution in [-0.4, -0.2) is 24.1 Å². The van der Waals surface area contributed by atoms with E-state index in [4.69, 9.17) is 5.73 Å². The van der Waals surface area contributed by atoms with Crippen molar-refractivity contribution in [1.29, 1.82) is 0 Å². The quantitative estimate of drug-likeness (QED) is 0.659. The highest BCUT2D eigenvalue weighted by Gasteiger charge is 2.20. The Morgan fingerprint density at radius 2 is 2.47 bits per heavy atom. The number of hydrogen-bond donors (Lipinski definition) is 3. The minimum Gasteiger partial charge on any atom is -0.341 e. The van der Waals surface area contributed by atoms with Crippen molar-refractivity contribution in [3.63, 3.8) is 0 Å². The lowest BCUT2D eigenvalue weighted by Crippen LogP contribution is -2.27. The van der Waals surface area contributed by atoms with Crippen LogP contribution in [0.1, 0.15) is 17.0 Å². The van der Waals surface area contributed by atoms with Crippen molar-refractivity contribution < 1.29 is 4.79 Å². The van der Waals surface area contributed by atoms with Crippen LogP contribution in [0.15, 0.2) is 0 Å². The van der Waals surface area contributed by atoms with Gasteiger partial charge in [-0.25, -0.2) is 9.78 Å². The van der Waals surface area contributed by atoms with Gasteiger partial charge in [0.2, 0.25) is 0 Å². The first-order valence-electron chi connectivity index (χ1n) is 4.92. The maximum atomic E-state index is 11.1. The molecule has 6 heteroatoms. The Balaban J connectivity index is 2.12. The van der Waals surface area contributed by atoms with Crippen molar-refractivity contribution in [2.45, 2.75) is 25.3 Å². The van der Waals surface area contributed by atoms with Crippen LogP contribution in [0.3, 0.4) is 0 Å². The molecule has 2 rings (SSSR count). The number of anilines is 1. The number of hydrogen-bond acceptors (Lipinski definition) is 4. The number of amides is 2. The third-order valence-electron chi connectivity index (χ3n) is 2.43. The van der Waals surface area contributed by atoms with Gasteiger partial charge in [0.1, 0.15) is 0 Å². The van der Waals surface area contributed by atoms with Crippen molar-refractivity contribution in [3.05, 3.63) is 10.6 Å². The van der Waals surface area contributed by atoms with Gasteiger partial charge in [-0.15, -0.1) is 11.3 Å². The van der Waals surface area contributed by atoms with E-state index in [1.165, 1.54) is 16.2 Å². The molecule has 0 saturated carbocycles. The van der Waals surface area contributed by atoms with Crippen LogP contribution in [0.25, 0.3) is 0 Å². The SMILES string of the molecule is CNC(=O)Nc1nc2c(s1)CC(N)CC2. The molecule has 5 nitrogen and oxygen atoms in total. The van der Waals surface area contributed by atoms with E-state index in [0.717, 1.165) is 25.0 Å². The second-order valence-corrected chi connectivity index (χ2v) is 4.68. The number of urea groups is 1. The smallest absolute Gasteiger partial charge is 0.320 e. The van der Waals surface area contributed by atoms with Crippen LogP contribution in [-0.2, 0) is 12.8 Å². The van der Waals surface area contributed by atoms with Gasteiger partial charge in [-0.3, -0.25) is 5.32 Å². The van der Waals surface area contributed by atoms with Crippen molar-refractivity contribution in [2.75, 3.05) is 12.4 Å². The molecule has 1 unspecified atom stereocenters. The molecule has 0 radical (unpaired) electrons. The maximum absolute atomic E-state index is 11.1. The highest BCUT2D eigenvalue weighted by atomic mass is 32.1. The minimum absolute atomic E-state index is 0.231. The molecular weight excluding hydrogens is 212 g/mol. The number of carbonyl (C=O) groups excluding carboxylic acids is 1. The number of nitrogens with two attached hydrogens (primary N) is 1. The van der Waals surface area contributed by atoms with Crippen LogP contribution >= 0.6 is 11.3 Å². The minimum atomic E-state index is -0.231. The second kappa shape index (κ2) is 4.16. The number of aryl methyl sites for hydroxylation is 1. The van der Waals surface area contributed by atoms with Gasteiger partial charge in [-0.1, -0.05) is 0 Å². The number of fused-ring (bicyclic) bond motifs is 1. The largest absolute Gasteiger partial charge is 0.341 e. The van der Waals surface area contributed by atoms with E-state index < -0.39 is 0 Å². The number of thiazole rings is 1. The summed E-state index contributed by atoms with van der Waals surface area (Å²) in [5.74, 6) is 0. The molecule has 1 aromatic heterocycles. The zero-order valence-electron chi connectivity index (χ0n) is 8.54. The summed E-state index contributed by atoms with van der Waals surface area (Å²) in [6.07, 6.45) is 2.78. The molecule has 2 amide bonds. The van der Waals surface area contributed by atoms with E-state index in [0.29, 0.717) is 5.13 Å². The summed E-state index contributed by atoms with van der Waals surface area (Å²) in [6, 6.07) is 0.0104. The molecule has 0 saturated heterocycles. The topological polar surface area (TPSA) is 80.0 Å². The lowest BCUT2D eigenvalue weighted by atomic mass is 9.99. The van der Waals surface area contributed by atoms with Crippen LogP contribution in [0, 0.1) is 0 Å². The predicted molar refractivity (Wildman–Crippen MR) is 60.2 cm³/mol. The monoisotopic (exact) mass is 226 g/mol. The number of aromatic nitrogens is 1. The summed E-state index contributed by atoms with van der Waals surface area (Å²) in [6.45, 7) is 0. The van der Waals surface area contributed by atoms with Gasteiger partial charge in [0.25, 0.3) is 0 Å². The summed E-state index contributed by atoms with van der Waals surface area (Å²) in [5, 5.41) is 5.84. The fourth-order valence-corrected chi connectivity index (χ4v) is 2.71. The van der Waals surface area contributed by atoms with E-state index in [9.17, 15) is 4.79 Å². The summed E-state index contributed by atoms with van der Waals surface area (Å²) in [5.41, 5.74) is 6.96. The molecule has 0 fully saturated rings. The Morgan fingerprint density at radius 3 is 3.20 bits per heavy atom.